The van der Waals surface area contributed by atoms with E-state index >= 15 is 0 Å². The van der Waals surface area contributed by atoms with Crippen molar-refractivity contribution >= 4 is 27.8 Å². The summed E-state index contributed by atoms with van der Waals surface area (Å²) < 4.78 is 31.1. The van der Waals surface area contributed by atoms with E-state index in [9.17, 15) is 13.2 Å². The standard InChI is InChI=1S/C12H15NO5S2/c1-8-5-9(3-4-11(8)18-2)20(16,17)13-7-19-6-10(13)12(14)15/h3-5,10H,6-7H2,1-2H3,(H,14,15)/t10-/m0/s1. The number of carboxylic acids is 1. The van der Waals surface area contributed by atoms with Gasteiger partial charge in [0.1, 0.15) is 11.8 Å². The summed E-state index contributed by atoms with van der Waals surface area (Å²) in [5, 5.41) is 9.09. The summed E-state index contributed by atoms with van der Waals surface area (Å²) in [6.07, 6.45) is 0. The second-order valence-electron chi connectivity index (χ2n) is 4.38. The van der Waals surface area contributed by atoms with Crippen LogP contribution < -0.4 is 4.74 Å². The highest BCUT2D eigenvalue weighted by atomic mass is 32.2. The summed E-state index contributed by atoms with van der Waals surface area (Å²) in [6.45, 7) is 1.74. The maximum absolute atomic E-state index is 12.5. The van der Waals surface area contributed by atoms with Crippen molar-refractivity contribution < 1.29 is 23.1 Å². The van der Waals surface area contributed by atoms with Crippen molar-refractivity contribution in [3.63, 3.8) is 0 Å². The van der Waals surface area contributed by atoms with E-state index in [4.69, 9.17) is 9.84 Å². The van der Waals surface area contributed by atoms with E-state index in [0.29, 0.717) is 11.3 Å². The molecule has 1 saturated heterocycles. The molecule has 2 rings (SSSR count). The zero-order valence-electron chi connectivity index (χ0n) is 11.1. The molecular formula is C12H15NO5S2. The molecule has 1 heterocycles. The summed E-state index contributed by atoms with van der Waals surface area (Å²) in [5.74, 6) is -0.105. The molecule has 0 spiro atoms. The molecule has 0 aliphatic carbocycles. The Balaban J connectivity index is 2.40. The number of aryl methyl sites for hydroxylation is 1. The van der Waals surface area contributed by atoms with Crippen LogP contribution in [0.15, 0.2) is 23.1 Å². The van der Waals surface area contributed by atoms with Gasteiger partial charge in [-0.3, -0.25) is 4.79 Å². The van der Waals surface area contributed by atoms with Gasteiger partial charge in [-0.25, -0.2) is 8.42 Å². The molecule has 0 aromatic heterocycles. The lowest BCUT2D eigenvalue weighted by Gasteiger charge is -2.20. The lowest BCUT2D eigenvalue weighted by molar-refractivity contribution is -0.140. The molecule has 0 amide bonds. The Labute approximate surface area is 121 Å². The van der Waals surface area contributed by atoms with Crippen LogP contribution in [0.3, 0.4) is 0 Å². The summed E-state index contributed by atoms with van der Waals surface area (Å²) >= 11 is 1.29. The molecular weight excluding hydrogens is 302 g/mol. The molecule has 1 aliphatic heterocycles. The summed E-state index contributed by atoms with van der Waals surface area (Å²) in [6, 6.07) is 3.49. The fourth-order valence-corrected chi connectivity index (χ4v) is 5.23. The predicted octanol–water partition coefficient (Wildman–Crippen LogP) is 1.15. The number of benzene rings is 1. The number of hydrogen-bond acceptors (Lipinski definition) is 5. The lowest BCUT2D eigenvalue weighted by atomic mass is 10.2. The SMILES string of the molecule is COc1ccc(S(=O)(=O)N2CSC[C@H]2C(=O)O)cc1C. The van der Waals surface area contributed by atoms with Crippen LogP contribution in [-0.4, -0.2) is 48.6 Å². The number of carboxylic acid groups (broad SMARTS) is 1. The lowest BCUT2D eigenvalue weighted by Crippen LogP contribution is -2.41. The van der Waals surface area contributed by atoms with Gasteiger partial charge in [0.2, 0.25) is 10.0 Å². The smallest absolute Gasteiger partial charge is 0.322 e. The maximum atomic E-state index is 12.5. The Morgan fingerprint density at radius 3 is 2.75 bits per heavy atom. The van der Waals surface area contributed by atoms with Crippen molar-refractivity contribution in [2.24, 2.45) is 0 Å². The number of carbonyl (C=O) groups is 1. The van der Waals surface area contributed by atoms with E-state index in [0.717, 1.165) is 4.31 Å². The van der Waals surface area contributed by atoms with E-state index in [1.165, 1.54) is 31.0 Å². The highest BCUT2D eigenvalue weighted by Gasteiger charge is 2.40. The third kappa shape index (κ3) is 2.63. The van der Waals surface area contributed by atoms with Crippen LogP contribution in [0, 0.1) is 6.92 Å². The molecule has 0 radical (unpaired) electrons. The average molecular weight is 317 g/mol. The highest BCUT2D eigenvalue weighted by molar-refractivity contribution is 8.00. The van der Waals surface area contributed by atoms with Gasteiger partial charge in [0.25, 0.3) is 0 Å². The van der Waals surface area contributed by atoms with E-state index in [-0.39, 0.29) is 16.5 Å². The number of hydrogen-bond donors (Lipinski definition) is 1. The summed E-state index contributed by atoms with van der Waals surface area (Å²) in [5.41, 5.74) is 0.687. The Bertz CT molecular complexity index is 629. The van der Waals surface area contributed by atoms with Crippen LogP contribution >= 0.6 is 11.8 Å². The van der Waals surface area contributed by atoms with Crippen LogP contribution in [0.4, 0.5) is 0 Å². The molecule has 1 aromatic rings. The van der Waals surface area contributed by atoms with Gasteiger partial charge in [-0.1, -0.05) is 0 Å². The van der Waals surface area contributed by atoms with Crippen molar-refractivity contribution in [3.8, 4) is 5.75 Å². The number of aliphatic carboxylic acids is 1. The van der Waals surface area contributed by atoms with Gasteiger partial charge in [0.05, 0.1) is 17.9 Å². The van der Waals surface area contributed by atoms with Gasteiger partial charge in [0, 0.05) is 5.75 Å². The largest absolute Gasteiger partial charge is 0.496 e. The Kier molecular flexibility index (Phi) is 4.26. The van der Waals surface area contributed by atoms with E-state index in [1.54, 1.807) is 13.0 Å². The molecule has 1 atom stereocenters. The second-order valence-corrected chi connectivity index (χ2v) is 7.27. The van der Waals surface area contributed by atoms with Gasteiger partial charge in [-0.15, -0.1) is 11.8 Å². The molecule has 1 aliphatic rings. The number of sulfonamides is 1. The molecule has 1 fully saturated rings. The summed E-state index contributed by atoms with van der Waals surface area (Å²) in [7, 11) is -2.30. The first-order valence-corrected chi connectivity index (χ1v) is 8.44. The fourth-order valence-electron chi connectivity index (χ4n) is 2.01. The number of rotatable bonds is 4. The number of ether oxygens (including phenoxy) is 1. The van der Waals surface area contributed by atoms with E-state index in [2.05, 4.69) is 0 Å². The minimum absolute atomic E-state index is 0.0875. The fraction of sp³-hybridized carbons (Fsp3) is 0.417. The first kappa shape index (κ1) is 15.1. The third-order valence-electron chi connectivity index (χ3n) is 3.10. The maximum Gasteiger partial charge on any atom is 0.322 e. The van der Waals surface area contributed by atoms with Crippen LogP contribution in [-0.2, 0) is 14.8 Å². The molecule has 0 saturated carbocycles. The quantitative estimate of drug-likeness (QED) is 0.897. The van der Waals surface area contributed by atoms with Crippen LogP contribution in [0.1, 0.15) is 5.56 Å². The van der Waals surface area contributed by atoms with E-state index < -0.39 is 22.0 Å². The predicted molar refractivity (Wildman–Crippen MR) is 75.5 cm³/mol. The van der Waals surface area contributed by atoms with Crippen LogP contribution in [0.25, 0.3) is 0 Å². The van der Waals surface area contributed by atoms with Gasteiger partial charge < -0.3 is 9.84 Å². The highest BCUT2D eigenvalue weighted by Crippen LogP contribution is 2.30. The van der Waals surface area contributed by atoms with Gasteiger partial charge in [-0.05, 0) is 30.7 Å². The molecule has 0 unspecified atom stereocenters. The monoisotopic (exact) mass is 317 g/mol. The van der Waals surface area contributed by atoms with Gasteiger partial charge in [-0.2, -0.15) is 4.31 Å². The second kappa shape index (κ2) is 5.63. The topological polar surface area (TPSA) is 83.9 Å². The molecule has 20 heavy (non-hydrogen) atoms. The molecule has 8 heteroatoms. The van der Waals surface area contributed by atoms with Crippen LogP contribution in [0.5, 0.6) is 5.75 Å². The molecule has 1 aromatic carbocycles. The number of methoxy groups -OCH3 is 1. The molecule has 0 bridgehead atoms. The van der Waals surface area contributed by atoms with Crippen molar-refractivity contribution in [2.45, 2.75) is 17.9 Å². The molecule has 1 N–H and O–H groups in total. The first-order chi connectivity index (χ1) is 9.37. The zero-order chi connectivity index (χ0) is 14.9. The van der Waals surface area contributed by atoms with Crippen molar-refractivity contribution in [2.75, 3.05) is 18.7 Å². The van der Waals surface area contributed by atoms with Gasteiger partial charge >= 0.3 is 5.97 Å². The van der Waals surface area contributed by atoms with Crippen molar-refractivity contribution in [3.05, 3.63) is 23.8 Å². The number of nitrogens with zero attached hydrogens (tertiary/aromatic N) is 1. The Morgan fingerprint density at radius 2 is 2.20 bits per heavy atom. The summed E-state index contributed by atoms with van der Waals surface area (Å²) in [4.78, 5) is 11.2. The first-order valence-electron chi connectivity index (χ1n) is 5.85. The molecule has 110 valence electrons. The van der Waals surface area contributed by atoms with Crippen molar-refractivity contribution in [1.82, 2.24) is 4.31 Å². The Hall–Kier alpha value is -1.25. The zero-order valence-corrected chi connectivity index (χ0v) is 12.7. The Morgan fingerprint density at radius 1 is 1.50 bits per heavy atom. The normalized spacial score (nSPS) is 20.0. The van der Waals surface area contributed by atoms with Crippen molar-refractivity contribution in [1.29, 1.82) is 0 Å². The van der Waals surface area contributed by atoms with Gasteiger partial charge in [0.15, 0.2) is 0 Å². The third-order valence-corrected chi connectivity index (χ3v) is 6.13. The minimum Gasteiger partial charge on any atom is -0.496 e. The average Bonchev–Trinajstić information content (AvgIpc) is 2.88. The minimum atomic E-state index is -3.80. The van der Waals surface area contributed by atoms with E-state index in [1.807, 2.05) is 0 Å². The number of thioether (sulfide) groups is 1. The molecule has 6 nitrogen and oxygen atoms in total. The van der Waals surface area contributed by atoms with Crippen LogP contribution in [0.2, 0.25) is 0 Å².